The number of ether oxygens (including phenoxy) is 3. The molecule has 2 atom stereocenters. The molecule has 2 aromatic heterocycles. The van der Waals surface area contributed by atoms with E-state index in [0.29, 0.717) is 41.6 Å². The molecule has 1 saturated carbocycles. The van der Waals surface area contributed by atoms with Crippen molar-refractivity contribution in [1.82, 2.24) is 14.9 Å². The van der Waals surface area contributed by atoms with Crippen molar-refractivity contribution < 1.29 is 19.3 Å². The number of hydrogen-bond donors (Lipinski definition) is 1. The molecule has 1 aliphatic rings. The summed E-state index contributed by atoms with van der Waals surface area (Å²) >= 11 is 3.59. The predicted molar refractivity (Wildman–Crippen MR) is 150 cm³/mol. The molecule has 3 aromatic rings. The van der Waals surface area contributed by atoms with Gasteiger partial charge in [-0.2, -0.15) is 4.98 Å². The Morgan fingerprint density at radius 2 is 1.70 bits per heavy atom. The van der Waals surface area contributed by atoms with Gasteiger partial charge in [0.1, 0.15) is 0 Å². The van der Waals surface area contributed by atoms with Crippen molar-refractivity contribution in [3.05, 3.63) is 52.0 Å². The fourth-order valence-corrected chi connectivity index (χ4v) is 5.40. The highest BCUT2D eigenvalue weighted by molar-refractivity contribution is 9.10. The van der Waals surface area contributed by atoms with Crippen molar-refractivity contribution in [2.75, 3.05) is 42.0 Å². The van der Waals surface area contributed by atoms with Gasteiger partial charge in [-0.05, 0) is 81.4 Å². The molecule has 1 N–H and O–H groups in total. The minimum atomic E-state index is -1.26. The number of methoxy groups -OCH3 is 3. The van der Waals surface area contributed by atoms with Gasteiger partial charge in [0.15, 0.2) is 0 Å². The molecule has 0 bridgehead atoms. The Kier molecular flexibility index (Phi) is 8.31. The average Bonchev–Trinajstić information content (AvgIpc) is 3.63. The van der Waals surface area contributed by atoms with Crippen LogP contribution < -0.4 is 14.2 Å². The lowest BCUT2D eigenvalue weighted by molar-refractivity contribution is -0.0128. The Hall–Kier alpha value is -2.42. The SMILES string of the molecule is COc1cc(C(O)(CCN(C)C)C(CCC2(C)CC2)c2cc3cc(Br)ccc3nc2OC)cc(OC)n1. The third kappa shape index (κ3) is 6.19. The van der Waals surface area contributed by atoms with Gasteiger partial charge in [0.05, 0.1) is 32.4 Å². The van der Waals surface area contributed by atoms with E-state index in [-0.39, 0.29) is 5.92 Å². The maximum absolute atomic E-state index is 12.8. The number of aliphatic hydroxyl groups is 1. The minimum absolute atomic E-state index is 0.285. The average molecular weight is 573 g/mol. The van der Waals surface area contributed by atoms with Crippen LogP contribution in [0.25, 0.3) is 10.9 Å². The van der Waals surface area contributed by atoms with Crippen LogP contribution in [0.15, 0.2) is 40.9 Å². The predicted octanol–water partition coefficient (Wildman–Crippen LogP) is 5.92. The summed E-state index contributed by atoms with van der Waals surface area (Å²) in [6.45, 7) is 3.01. The first-order chi connectivity index (χ1) is 17.6. The molecule has 8 heteroatoms. The van der Waals surface area contributed by atoms with Crippen molar-refractivity contribution in [3.63, 3.8) is 0 Å². The van der Waals surface area contributed by atoms with Crippen LogP contribution in [0.3, 0.4) is 0 Å². The second-order valence-electron chi connectivity index (χ2n) is 10.7. The summed E-state index contributed by atoms with van der Waals surface area (Å²) in [5.74, 6) is 1.06. The molecule has 1 fully saturated rings. The summed E-state index contributed by atoms with van der Waals surface area (Å²) in [5.41, 5.74) is 1.51. The summed E-state index contributed by atoms with van der Waals surface area (Å²) in [4.78, 5) is 11.3. The van der Waals surface area contributed by atoms with Crippen molar-refractivity contribution in [2.24, 2.45) is 5.41 Å². The van der Waals surface area contributed by atoms with E-state index >= 15 is 0 Å². The Morgan fingerprint density at radius 3 is 2.27 bits per heavy atom. The minimum Gasteiger partial charge on any atom is -0.481 e. The van der Waals surface area contributed by atoms with E-state index in [4.69, 9.17) is 19.2 Å². The molecule has 0 spiro atoms. The van der Waals surface area contributed by atoms with Crippen molar-refractivity contribution >= 4 is 26.8 Å². The molecule has 37 heavy (non-hydrogen) atoms. The monoisotopic (exact) mass is 571 g/mol. The van der Waals surface area contributed by atoms with Crippen molar-refractivity contribution in [3.8, 4) is 17.6 Å². The van der Waals surface area contributed by atoms with Gasteiger partial charge in [-0.25, -0.2) is 4.98 Å². The standard InChI is InChI=1S/C29H38BrN3O4/c1-28(11-12-28)10-9-23(22-16-19-15-21(30)7-8-24(19)31-27(22)37-6)29(34,13-14-33(2)3)20-17-25(35-4)32-26(18-20)36-5/h7-8,15-18,23,34H,9-14H2,1-6H3. The summed E-state index contributed by atoms with van der Waals surface area (Å²) in [6, 6.07) is 11.8. The van der Waals surface area contributed by atoms with Crippen LogP contribution in [-0.2, 0) is 5.60 Å². The second kappa shape index (κ2) is 11.1. The van der Waals surface area contributed by atoms with Gasteiger partial charge in [-0.3, -0.25) is 0 Å². The Bertz CT molecular complexity index is 1230. The molecular formula is C29H38BrN3O4. The van der Waals surface area contributed by atoms with Gasteiger partial charge in [0, 0.05) is 40.0 Å². The molecule has 2 unspecified atom stereocenters. The van der Waals surface area contributed by atoms with E-state index in [1.165, 1.54) is 12.8 Å². The molecule has 7 nitrogen and oxygen atoms in total. The highest BCUT2D eigenvalue weighted by Gasteiger charge is 2.45. The normalized spacial score (nSPS) is 16.9. The van der Waals surface area contributed by atoms with Gasteiger partial charge in [0.25, 0.3) is 0 Å². The lowest BCUT2D eigenvalue weighted by Gasteiger charge is -2.39. The smallest absolute Gasteiger partial charge is 0.217 e. The molecular weight excluding hydrogens is 534 g/mol. The second-order valence-corrected chi connectivity index (χ2v) is 11.7. The summed E-state index contributed by atoms with van der Waals surface area (Å²) in [5, 5.41) is 13.8. The van der Waals surface area contributed by atoms with E-state index in [1.54, 1.807) is 21.3 Å². The zero-order valence-corrected chi connectivity index (χ0v) is 24.3. The number of hydrogen-bond acceptors (Lipinski definition) is 7. The van der Waals surface area contributed by atoms with Crippen LogP contribution in [0.2, 0.25) is 0 Å². The lowest BCUT2D eigenvalue weighted by Crippen LogP contribution is -2.37. The third-order valence-corrected chi connectivity index (χ3v) is 8.18. The maximum Gasteiger partial charge on any atom is 0.217 e. The van der Waals surface area contributed by atoms with Crippen LogP contribution in [0.4, 0.5) is 0 Å². The van der Waals surface area contributed by atoms with Crippen LogP contribution in [0, 0.1) is 5.41 Å². The molecule has 0 radical (unpaired) electrons. The highest BCUT2D eigenvalue weighted by Crippen LogP contribution is 2.54. The third-order valence-electron chi connectivity index (χ3n) is 7.69. The summed E-state index contributed by atoms with van der Waals surface area (Å²) in [7, 11) is 8.83. The summed E-state index contributed by atoms with van der Waals surface area (Å²) < 4.78 is 17.8. The van der Waals surface area contributed by atoms with Crippen molar-refractivity contribution in [2.45, 2.75) is 50.5 Å². The van der Waals surface area contributed by atoms with Gasteiger partial charge < -0.3 is 24.2 Å². The van der Waals surface area contributed by atoms with Gasteiger partial charge in [-0.15, -0.1) is 0 Å². The van der Waals surface area contributed by atoms with Crippen LogP contribution in [0.5, 0.6) is 17.6 Å². The Labute approximate surface area is 228 Å². The fourth-order valence-electron chi connectivity index (χ4n) is 5.02. The molecule has 0 saturated heterocycles. The van der Waals surface area contributed by atoms with E-state index < -0.39 is 5.60 Å². The molecule has 200 valence electrons. The quantitative estimate of drug-likeness (QED) is 0.289. The van der Waals surface area contributed by atoms with E-state index in [1.807, 2.05) is 38.4 Å². The number of rotatable bonds is 12. The van der Waals surface area contributed by atoms with Gasteiger partial charge >= 0.3 is 0 Å². The molecule has 1 aliphatic carbocycles. The molecule has 2 heterocycles. The number of pyridine rings is 2. The van der Waals surface area contributed by atoms with Gasteiger partial charge in [-0.1, -0.05) is 22.9 Å². The largest absolute Gasteiger partial charge is 0.481 e. The first kappa shape index (κ1) is 27.6. The number of fused-ring (bicyclic) bond motifs is 1. The summed E-state index contributed by atoms with van der Waals surface area (Å²) in [6.07, 6.45) is 4.71. The van der Waals surface area contributed by atoms with E-state index in [9.17, 15) is 5.11 Å². The number of aromatic nitrogens is 2. The van der Waals surface area contributed by atoms with E-state index in [0.717, 1.165) is 33.8 Å². The molecule has 4 rings (SSSR count). The Balaban J connectivity index is 1.93. The first-order valence-electron chi connectivity index (χ1n) is 12.7. The molecule has 1 aromatic carbocycles. The number of nitrogens with zero attached hydrogens (tertiary/aromatic N) is 3. The first-order valence-corrected chi connectivity index (χ1v) is 13.5. The lowest BCUT2D eigenvalue weighted by atomic mass is 9.72. The van der Waals surface area contributed by atoms with Crippen LogP contribution in [0.1, 0.15) is 56.1 Å². The van der Waals surface area contributed by atoms with Crippen molar-refractivity contribution in [1.29, 1.82) is 0 Å². The van der Waals surface area contributed by atoms with E-state index in [2.05, 4.69) is 44.9 Å². The number of halogens is 1. The molecule has 0 amide bonds. The maximum atomic E-state index is 12.8. The fraction of sp³-hybridized carbons (Fsp3) is 0.517. The zero-order valence-electron chi connectivity index (χ0n) is 22.7. The number of benzene rings is 1. The van der Waals surface area contributed by atoms with Gasteiger partial charge in [0.2, 0.25) is 17.6 Å². The topological polar surface area (TPSA) is 76.9 Å². The molecule has 0 aliphatic heterocycles. The van der Waals surface area contributed by atoms with Crippen LogP contribution in [-0.4, -0.2) is 61.9 Å². The highest BCUT2D eigenvalue weighted by atomic mass is 79.9. The zero-order chi connectivity index (χ0) is 26.8. The Morgan fingerprint density at radius 1 is 1.03 bits per heavy atom. The van der Waals surface area contributed by atoms with Crippen LogP contribution >= 0.6 is 15.9 Å².